The van der Waals surface area contributed by atoms with Crippen molar-refractivity contribution < 1.29 is 4.42 Å². The second kappa shape index (κ2) is 4.19. The minimum absolute atomic E-state index is 0.649. The number of furan rings is 1. The van der Waals surface area contributed by atoms with E-state index in [-0.39, 0.29) is 0 Å². The summed E-state index contributed by atoms with van der Waals surface area (Å²) in [7, 11) is 1.94. The SMILES string of the molecule is Cc1cc(NCc2ccc(C3CC3C)o2)nn1C. The molecule has 0 aliphatic heterocycles. The molecule has 4 nitrogen and oxygen atoms in total. The number of rotatable bonds is 4. The van der Waals surface area contributed by atoms with Crippen molar-refractivity contribution in [2.24, 2.45) is 13.0 Å². The molecule has 0 spiro atoms. The summed E-state index contributed by atoms with van der Waals surface area (Å²) in [5.41, 5.74) is 1.14. The summed E-state index contributed by atoms with van der Waals surface area (Å²) in [6.07, 6.45) is 1.26. The standard InChI is InChI=1S/C14H19N3O/c1-9-6-12(9)13-5-4-11(18-13)8-15-14-7-10(2)17(3)16-14/h4-5,7,9,12H,6,8H2,1-3H3,(H,15,16). The zero-order valence-electron chi connectivity index (χ0n) is 11.1. The van der Waals surface area contributed by atoms with E-state index in [2.05, 4.69) is 29.5 Å². The van der Waals surface area contributed by atoms with Gasteiger partial charge in [0.2, 0.25) is 0 Å². The van der Waals surface area contributed by atoms with Gasteiger partial charge in [-0.25, -0.2) is 0 Å². The summed E-state index contributed by atoms with van der Waals surface area (Å²) in [6, 6.07) is 6.20. The third-order valence-electron chi connectivity index (χ3n) is 3.71. The molecule has 18 heavy (non-hydrogen) atoms. The van der Waals surface area contributed by atoms with Gasteiger partial charge in [-0.2, -0.15) is 5.10 Å². The first-order valence-electron chi connectivity index (χ1n) is 6.46. The third kappa shape index (κ3) is 2.15. The van der Waals surface area contributed by atoms with E-state index in [9.17, 15) is 0 Å². The van der Waals surface area contributed by atoms with E-state index in [1.165, 1.54) is 6.42 Å². The topological polar surface area (TPSA) is 43.0 Å². The average Bonchev–Trinajstić information content (AvgIpc) is 2.75. The Kier molecular flexibility index (Phi) is 2.65. The number of nitrogens with one attached hydrogen (secondary N) is 1. The van der Waals surface area contributed by atoms with Gasteiger partial charge < -0.3 is 9.73 Å². The number of hydrogen-bond acceptors (Lipinski definition) is 3. The summed E-state index contributed by atoms with van der Waals surface area (Å²) < 4.78 is 7.70. The molecule has 0 radical (unpaired) electrons. The molecule has 0 amide bonds. The van der Waals surface area contributed by atoms with Crippen molar-refractivity contribution in [3.05, 3.63) is 35.4 Å². The van der Waals surface area contributed by atoms with Gasteiger partial charge in [-0.15, -0.1) is 0 Å². The Morgan fingerprint density at radius 1 is 1.50 bits per heavy atom. The van der Waals surface area contributed by atoms with Crippen LogP contribution in [0.5, 0.6) is 0 Å². The largest absolute Gasteiger partial charge is 0.464 e. The molecule has 0 bridgehead atoms. The minimum Gasteiger partial charge on any atom is -0.464 e. The van der Waals surface area contributed by atoms with Gasteiger partial charge in [0.25, 0.3) is 0 Å². The monoisotopic (exact) mass is 245 g/mol. The molecule has 1 N–H and O–H groups in total. The van der Waals surface area contributed by atoms with Crippen molar-refractivity contribution in [1.29, 1.82) is 0 Å². The molecule has 2 unspecified atom stereocenters. The van der Waals surface area contributed by atoms with Crippen LogP contribution in [0, 0.1) is 12.8 Å². The summed E-state index contributed by atoms with van der Waals surface area (Å²) in [5.74, 6) is 4.45. The molecule has 3 rings (SSSR count). The first-order valence-corrected chi connectivity index (χ1v) is 6.46. The second-order valence-electron chi connectivity index (χ2n) is 5.27. The molecule has 2 heterocycles. The number of hydrogen-bond donors (Lipinski definition) is 1. The summed E-state index contributed by atoms with van der Waals surface area (Å²) >= 11 is 0. The number of aromatic nitrogens is 2. The lowest BCUT2D eigenvalue weighted by Gasteiger charge is -1.99. The van der Waals surface area contributed by atoms with Gasteiger partial charge in [0, 0.05) is 24.7 Å². The molecule has 1 fully saturated rings. The molecule has 2 aromatic rings. The zero-order valence-corrected chi connectivity index (χ0v) is 11.1. The van der Waals surface area contributed by atoms with Crippen molar-refractivity contribution in [1.82, 2.24) is 9.78 Å². The molecule has 0 saturated heterocycles. The van der Waals surface area contributed by atoms with Crippen molar-refractivity contribution in [2.45, 2.75) is 32.7 Å². The van der Waals surface area contributed by atoms with Crippen molar-refractivity contribution >= 4 is 5.82 Å². The molecule has 0 aromatic carbocycles. The highest BCUT2D eigenvalue weighted by Crippen LogP contribution is 2.47. The lowest BCUT2D eigenvalue weighted by Crippen LogP contribution is -1.99. The van der Waals surface area contributed by atoms with Gasteiger partial charge in [0.1, 0.15) is 17.3 Å². The lowest BCUT2D eigenvalue weighted by atomic mass is 10.3. The minimum atomic E-state index is 0.649. The molecule has 4 heteroatoms. The fourth-order valence-corrected chi connectivity index (χ4v) is 2.23. The van der Waals surface area contributed by atoms with Crippen LogP contribution in [0.15, 0.2) is 22.6 Å². The molecular weight excluding hydrogens is 226 g/mol. The van der Waals surface area contributed by atoms with Gasteiger partial charge in [0.05, 0.1) is 6.54 Å². The number of nitrogens with zero attached hydrogens (tertiary/aromatic N) is 2. The van der Waals surface area contributed by atoms with Crippen molar-refractivity contribution in [3.63, 3.8) is 0 Å². The third-order valence-corrected chi connectivity index (χ3v) is 3.71. The smallest absolute Gasteiger partial charge is 0.148 e. The number of anilines is 1. The van der Waals surface area contributed by atoms with E-state index in [1.54, 1.807) is 0 Å². The van der Waals surface area contributed by atoms with Crippen LogP contribution in [-0.4, -0.2) is 9.78 Å². The van der Waals surface area contributed by atoms with Crippen molar-refractivity contribution in [2.75, 3.05) is 5.32 Å². The quantitative estimate of drug-likeness (QED) is 0.900. The Bertz CT molecular complexity index is 536. The first kappa shape index (κ1) is 11.4. The average molecular weight is 245 g/mol. The predicted octanol–water partition coefficient (Wildman–Crippen LogP) is 3.06. The Balaban J connectivity index is 1.61. The maximum atomic E-state index is 5.84. The van der Waals surface area contributed by atoms with Crippen LogP contribution in [0.4, 0.5) is 5.82 Å². The lowest BCUT2D eigenvalue weighted by molar-refractivity contribution is 0.467. The summed E-state index contributed by atoms with van der Waals surface area (Å²) in [5, 5.41) is 7.64. The normalized spacial score (nSPS) is 22.2. The first-order chi connectivity index (χ1) is 8.63. The fraction of sp³-hybridized carbons (Fsp3) is 0.500. The van der Waals surface area contributed by atoms with Gasteiger partial charge in [-0.05, 0) is 31.4 Å². The molecule has 1 aliphatic carbocycles. The highest BCUT2D eigenvalue weighted by atomic mass is 16.3. The second-order valence-corrected chi connectivity index (χ2v) is 5.27. The van der Waals surface area contributed by atoms with E-state index in [4.69, 9.17) is 4.42 Å². The molecule has 1 aliphatic rings. The molecule has 2 atom stereocenters. The molecular formula is C14H19N3O. The maximum absolute atomic E-state index is 5.84. The van der Waals surface area contributed by atoms with E-state index < -0.39 is 0 Å². The van der Waals surface area contributed by atoms with Crippen LogP contribution >= 0.6 is 0 Å². The van der Waals surface area contributed by atoms with Crippen LogP contribution in [0.1, 0.15) is 36.5 Å². The zero-order chi connectivity index (χ0) is 12.7. The van der Waals surface area contributed by atoms with Gasteiger partial charge in [-0.1, -0.05) is 6.92 Å². The van der Waals surface area contributed by atoms with E-state index in [1.807, 2.05) is 24.7 Å². The fourth-order valence-electron chi connectivity index (χ4n) is 2.23. The van der Waals surface area contributed by atoms with E-state index in [0.717, 1.165) is 29.0 Å². The van der Waals surface area contributed by atoms with Gasteiger partial charge >= 0.3 is 0 Å². The molecule has 1 saturated carbocycles. The Labute approximate surface area is 107 Å². The number of aryl methyl sites for hydroxylation is 2. The van der Waals surface area contributed by atoms with Crippen LogP contribution in [-0.2, 0) is 13.6 Å². The Morgan fingerprint density at radius 2 is 2.28 bits per heavy atom. The van der Waals surface area contributed by atoms with E-state index in [0.29, 0.717) is 12.5 Å². The molecule has 96 valence electrons. The predicted molar refractivity (Wildman–Crippen MR) is 70.5 cm³/mol. The van der Waals surface area contributed by atoms with Gasteiger partial charge in [0.15, 0.2) is 0 Å². The Hall–Kier alpha value is -1.71. The molecule has 2 aromatic heterocycles. The van der Waals surface area contributed by atoms with Crippen LogP contribution in [0.2, 0.25) is 0 Å². The van der Waals surface area contributed by atoms with Crippen molar-refractivity contribution in [3.8, 4) is 0 Å². The van der Waals surface area contributed by atoms with Crippen LogP contribution in [0.25, 0.3) is 0 Å². The highest BCUT2D eigenvalue weighted by Gasteiger charge is 2.36. The van der Waals surface area contributed by atoms with Crippen LogP contribution in [0.3, 0.4) is 0 Å². The van der Waals surface area contributed by atoms with E-state index >= 15 is 0 Å². The summed E-state index contributed by atoms with van der Waals surface area (Å²) in [6.45, 7) is 5.00. The highest BCUT2D eigenvalue weighted by molar-refractivity contribution is 5.36. The summed E-state index contributed by atoms with van der Waals surface area (Å²) in [4.78, 5) is 0. The van der Waals surface area contributed by atoms with Crippen LogP contribution < -0.4 is 5.32 Å². The van der Waals surface area contributed by atoms with Gasteiger partial charge in [-0.3, -0.25) is 4.68 Å². The Morgan fingerprint density at radius 3 is 2.89 bits per heavy atom. The maximum Gasteiger partial charge on any atom is 0.148 e.